The van der Waals surface area contributed by atoms with Crippen LogP contribution in [0.3, 0.4) is 0 Å². The highest BCUT2D eigenvalue weighted by Crippen LogP contribution is 2.19. The van der Waals surface area contributed by atoms with Crippen molar-refractivity contribution in [1.82, 2.24) is 10.6 Å². The van der Waals surface area contributed by atoms with Crippen LogP contribution in [0.1, 0.15) is 28.8 Å². The Kier molecular flexibility index (Phi) is 4.04. The maximum absolute atomic E-state index is 12.1. The molecule has 0 aromatic heterocycles. The van der Waals surface area contributed by atoms with Crippen LogP contribution in [0.15, 0.2) is 18.2 Å². The van der Waals surface area contributed by atoms with Crippen LogP contribution in [0.2, 0.25) is 0 Å². The molecule has 2 amide bonds. The molecule has 5 heteroatoms. The third kappa shape index (κ3) is 3.24. The fraction of sp³-hybridized carbons (Fsp3) is 0.429. The van der Waals surface area contributed by atoms with Gasteiger partial charge in [0.1, 0.15) is 5.75 Å². The molecule has 1 aliphatic rings. The number of carbonyl (C=O) groups excluding carboxylic acids is 2. The van der Waals surface area contributed by atoms with Crippen molar-refractivity contribution in [3.05, 3.63) is 29.3 Å². The quantitative estimate of drug-likeness (QED) is 0.854. The van der Waals surface area contributed by atoms with Gasteiger partial charge in [-0.1, -0.05) is 6.07 Å². The first-order chi connectivity index (χ1) is 9.10. The minimum absolute atomic E-state index is 0.00232. The highest BCUT2D eigenvalue weighted by atomic mass is 16.5. The van der Waals surface area contributed by atoms with Crippen molar-refractivity contribution < 1.29 is 14.3 Å². The standard InChI is InChI=1S/C14H18N2O3/c1-9-3-4-10(7-12(9)19-2)14(18)16-11-5-6-13(17)15-8-11/h3-4,7,11H,5-6,8H2,1-2H3,(H,15,17)(H,16,18). The summed E-state index contributed by atoms with van der Waals surface area (Å²) in [6, 6.07) is 5.36. The van der Waals surface area contributed by atoms with Crippen molar-refractivity contribution in [2.24, 2.45) is 0 Å². The number of carbonyl (C=O) groups is 2. The van der Waals surface area contributed by atoms with Gasteiger partial charge in [0.05, 0.1) is 7.11 Å². The minimum Gasteiger partial charge on any atom is -0.496 e. The van der Waals surface area contributed by atoms with Crippen LogP contribution in [0.5, 0.6) is 5.75 Å². The number of aryl methyl sites for hydroxylation is 1. The Labute approximate surface area is 112 Å². The van der Waals surface area contributed by atoms with Crippen molar-refractivity contribution in [1.29, 1.82) is 0 Å². The number of piperidine rings is 1. The second kappa shape index (κ2) is 5.73. The van der Waals surface area contributed by atoms with Gasteiger partial charge in [0, 0.05) is 24.6 Å². The van der Waals surface area contributed by atoms with Gasteiger partial charge < -0.3 is 15.4 Å². The molecule has 0 radical (unpaired) electrons. The summed E-state index contributed by atoms with van der Waals surface area (Å²) in [4.78, 5) is 23.1. The average Bonchev–Trinajstić information content (AvgIpc) is 2.42. The molecule has 1 aromatic carbocycles. The van der Waals surface area contributed by atoms with Crippen LogP contribution < -0.4 is 15.4 Å². The largest absolute Gasteiger partial charge is 0.496 e. The Morgan fingerprint density at radius 2 is 2.26 bits per heavy atom. The highest BCUT2D eigenvalue weighted by molar-refractivity contribution is 5.95. The molecule has 0 bridgehead atoms. The van der Waals surface area contributed by atoms with E-state index in [1.807, 2.05) is 13.0 Å². The number of benzene rings is 1. The molecule has 1 saturated heterocycles. The maximum Gasteiger partial charge on any atom is 0.251 e. The van der Waals surface area contributed by atoms with Crippen LogP contribution in [0, 0.1) is 6.92 Å². The van der Waals surface area contributed by atoms with Gasteiger partial charge in [-0.2, -0.15) is 0 Å². The summed E-state index contributed by atoms with van der Waals surface area (Å²) in [5.74, 6) is 0.603. The summed E-state index contributed by atoms with van der Waals surface area (Å²) in [5.41, 5.74) is 1.56. The molecule has 1 unspecified atom stereocenters. The van der Waals surface area contributed by atoms with E-state index >= 15 is 0 Å². The number of hydrogen-bond acceptors (Lipinski definition) is 3. The zero-order chi connectivity index (χ0) is 13.8. The Bertz CT molecular complexity index is 489. The van der Waals surface area contributed by atoms with E-state index in [2.05, 4.69) is 10.6 Å². The maximum atomic E-state index is 12.1. The lowest BCUT2D eigenvalue weighted by Crippen LogP contribution is -2.47. The van der Waals surface area contributed by atoms with Gasteiger partial charge in [0.2, 0.25) is 5.91 Å². The van der Waals surface area contributed by atoms with Crippen LogP contribution >= 0.6 is 0 Å². The van der Waals surface area contributed by atoms with Gasteiger partial charge in [-0.25, -0.2) is 0 Å². The normalized spacial score (nSPS) is 18.6. The molecule has 5 nitrogen and oxygen atoms in total. The Morgan fingerprint density at radius 1 is 1.47 bits per heavy atom. The van der Waals surface area contributed by atoms with Crippen LogP contribution in [0.25, 0.3) is 0 Å². The first-order valence-corrected chi connectivity index (χ1v) is 6.32. The molecular weight excluding hydrogens is 244 g/mol. The zero-order valence-corrected chi connectivity index (χ0v) is 11.2. The van der Waals surface area contributed by atoms with Gasteiger partial charge in [0.15, 0.2) is 0 Å². The van der Waals surface area contributed by atoms with Crippen molar-refractivity contribution in [2.75, 3.05) is 13.7 Å². The lowest BCUT2D eigenvalue weighted by molar-refractivity contribution is -0.122. The van der Waals surface area contributed by atoms with Crippen LogP contribution in [-0.2, 0) is 4.79 Å². The molecule has 2 N–H and O–H groups in total. The molecule has 1 atom stereocenters. The molecule has 102 valence electrons. The van der Waals surface area contributed by atoms with Crippen molar-refractivity contribution in [3.63, 3.8) is 0 Å². The molecular formula is C14H18N2O3. The molecule has 0 saturated carbocycles. The number of amides is 2. The predicted octanol–water partition coefficient (Wildman–Crippen LogP) is 1.01. The highest BCUT2D eigenvalue weighted by Gasteiger charge is 2.20. The molecule has 19 heavy (non-hydrogen) atoms. The summed E-state index contributed by atoms with van der Waals surface area (Å²) in [5, 5.41) is 5.66. The van der Waals surface area contributed by atoms with E-state index < -0.39 is 0 Å². The first-order valence-electron chi connectivity index (χ1n) is 6.32. The molecule has 1 heterocycles. The molecule has 0 spiro atoms. The summed E-state index contributed by atoms with van der Waals surface area (Å²) in [7, 11) is 1.58. The second-order valence-corrected chi connectivity index (χ2v) is 4.70. The van der Waals surface area contributed by atoms with Gasteiger partial charge in [-0.05, 0) is 31.0 Å². The molecule has 1 fully saturated rings. The lowest BCUT2D eigenvalue weighted by Gasteiger charge is -2.23. The third-order valence-corrected chi connectivity index (χ3v) is 3.27. The van der Waals surface area contributed by atoms with Gasteiger partial charge in [0.25, 0.3) is 5.91 Å². The van der Waals surface area contributed by atoms with Gasteiger partial charge >= 0.3 is 0 Å². The fourth-order valence-electron chi connectivity index (χ4n) is 2.09. The van der Waals surface area contributed by atoms with Crippen molar-refractivity contribution in [2.45, 2.75) is 25.8 Å². The van der Waals surface area contributed by atoms with Gasteiger partial charge in [-0.15, -0.1) is 0 Å². The number of hydrogen-bond donors (Lipinski definition) is 2. The second-order valence-electron chi connectivity index (χ2n) is 4.70. The Balaban J connectivity index is 2.01. The predicted molar refractivity (Wildman–Crippen MR) is 71.2 cm³/mol. The van der Waals surface area contributed by atoms with Crippen molar-refractivity contribution in [3.8, 4) is 5.75 Å². The van der Waals surface area contributed by atoms with Crippen molar-refractivity contribution >= 4 is 11.8 Å². The Morgan fingerprint density at radius 3 is 2.89 bits per heavy atom. The summed E-state index contributed by atoms with van der Waals surface area (Å²) >= 11 is 0. The van der Waals surface area contributed by atoms with Gasteiger partial charge in [-0.3, -0.25) is 9.59 Å². The molecule has 1 aromatic rings. The number of nitrogens with one attached hydrogen (secondary N) is 2. The summed E-state index contributed by atoms with van der Waals surface area (Å²) < 4.78 is 5.20. The summed E-state index contributed by atoms with van der Waals surface area (Å²) in [6.07, 6.45) is 1.14. The first kappa shape index (κ1) is 13.4. The molecule has 0 aliphatic carbocycles. The Hall–Kier alpha value is -2.04. The SMILES string of the molecule is COc1cc(C(=O)NC2CCC(=O)NC2)ccc1C. The number of methoxy groups -OCH3 is 1. The van der Waals surface area contributed by atoms with E-state index in [0.29, 0.717) is 30.7 Å². The average molecular weight is 262 g/mol. The van der Waals surface area contributed by atoms with Crippen LogP contribution in [-0.4, -0.2) is 31.5 Å². The van der Waals surface area contributed by atoms with Crippen LogP contribution in [0.4, 0.5) is 0 Å². The zero-order valence-electron chi connectivity index (χ0n) is 11.2. The van der Waals surface area contributed by atoms with E-state index in [1.54, 1.807) is 19.2 Å². The minimum atomic E-state index is -0.139. The smallest absolute Gasteiger partial charge is 0.251 e. The number of ether oxygens (including phenoxy) is 1. The van der Waals surface area contributed by atoms with E-state index in [-0.39, 0.29) is 17.9 Å². The van der Waals surface area contributed by atoms with E-state index in [0.717, 1.165) is 5.56 Å². The third-order valence-electron chi connectivity index (χ3n) is 3.27. The van der Waals surface area contributed by atoms with E-state index in [9.17, 15) is 9.59 Å². The molecule has 1 aliphatic heterocycles. The molecule has 2 rings (SSSR count). The number of rotatable bonds is 3. The summed E-state index contributed by atoms with van der Waals surface area (Å²) in [6.45, 7) is 2.42. The fourth-order valence-corrected chi connectivity index (χ4v) is 2.09. The topological polar surface area (TPSA) is 67.4 Å². The monoisotopic (exact) mass is 262 g/mol. The lowest BCUT2D eigenvalue weighted by atomic mass is 10.1. The van der Waals surface area contributed by atoms with E-state index in [4.69, 9.17) is 4.74 Å². The van der Waals surface area contributed by atoms with E-state index in [1.165, 1.54) is 0 Å².